The van der Waals surface area contributed by atoms with Gasteiger partial charge in [0.2, 0.25) is 0 Å². The Morgan fingerprint density at radius 3 is 2.83 bits per heavy atom. The van der Waals surface area contributed by atoms with Crippen LogP contribution in [0, 0.1) is 0 Å². The predicted octanol–water partition coefficient (Wildman–Crippen LogP) is 1.86. The molecule has 1 aliphatic heterocycles. The number of hydrogen-bond acceptors (Lipinski definition) is 3. The molecule has 0 saturated carbocycles. The normalized spacial score (nSPS) is 19.5. The van der Waals surface area contributed by atoms with Gasteiger partial charge in [0, 0.05) is 37.4 Å². The Morgan fingerprint density at radius 1 is 1.33 bits per heavy atom. The molecule has 0 aliphatic carbocycles. The van der Waals surface area contributed by atoms with E-state index in [1.54, 1.807) is 4.90 Å². The molecule has 1 N–H and O–H groups in total. The van der Waals surface area contributed by atoms with Crippen LogP contribution in [0.4, 0.5) is 4.79 Å². The molecule has 0 radical (unpaired) electrons. The summed E-state index contributed by atoms with van der Waals surface area (Å²) in [6, 6.07) is 9.78. The largest absolute Gasteiger partial charge is 0.346 e. The highest BCUT2D eigenvalue weighted by molar-refractivity contribution is 7.91. The van der Waals surface area contributed by atoms with Crippen LogP contribution < -0.4 is 5.32 Å². The zero-order valence-electron chi connectivity index (χ0n) is 13.8. The Bertz CT molecular complexity index is 828. The number of rotatable bonds is 5. The number of nitrogens with zero attached hydrogens (tertiary/aromatic N) is 2. The number of amides is 2. The third-order valence-electron chi connectivity index (χ3n) is 4.56. The third-order valence-corrected chi connectivity index (χ3v) is 6.31. The zero-order valence-corrected chi connectivity index (χ0v) is 14.6. The molecule has 2 amide bonds. The first kappa shape index (κ1) is 16.8. The van der Waals surface area contributed by atoms with Gasteiger partial charge in [-0.25, -0.2) is 13.2 Å². The van der Waals surface area contributed by atoms with Gasteiger partial charge in [0.15, 0.2) is 9.84 Å². The fourth-order valence-corrected chi connectivity index (χ4v) is 5.04. The van der Waals surface area contributed by atoms with E-state index in [1.165, 1.54) is 5.39 Å². The lowest BCUT2D eigenvalue weighted by Crippen LogP contribution is -2.47. The number of urea groups is 1. The number of carbonyl (C=O) groups is 1. The summed E-state index contributed by atoms with van der Waals surface area (Å²) in [5.41, 5.74) is 1.14. The zero-order chi connectivity index (χ0) is 17.2. The van der Waals surface area contributed by atoms with E-state index in [1.807, 2.05) is 25.3 Å². The van der Waals surface area contributed by atoms with Crippen molar-refractivity contribution in [3.05, 3.63) is 36.5 Å². The molecule has 1 aliphatic rings. The maximum absolute atomic E-state index is 12.4. The summed E-state index contributed by atoms with van der Waals surface area (Å²) < 4.78 is 25.3. The van der Waals surface area contributed by atoms with Crippen molar-refractivity contribution < 1.29 is 13.2 Å². The smallest absolute Gasteiger partial charge is 0.317 e. The fourth-order valence-electron chi connectivity index (χ4n) is 3.31. The minimum Gasteiger partial charge on any atom is -0.346 e. The Hall–Kier alpha value is -2.02. The first-order valence-corrected chi connectivity index (χ1v) is 10.1. The third kappa shape index (κ3) is 3.56. The van der Waals surface area contributed by atoms with Crippen LogP contribution in [-0.4, -0.2) is 54.6 Å². The average molecular weight is 349 g/mol. The van der Waals surface area contributed by atoms with Gasteiger partial charge in [-0.15, -0.1) is 0 Å². The number of fused-ring (bicyclic) bond motifs is 1. The van der Waals surface area contributed by atoms with Crippen LogP contribution >= 0.6 is 0 Å². The van der Waals surface area contributed by atoms with E-state index in [0.717, 1.165) is 5.52 Å². The molecule has 1 aromatic heterocycles. The Kier molecular flexibility index (Phi) is 4.80. The second kappa shape index (κ2) is 6.84. The summed E-state index contributed by atoms with van der Waals surface area (Å²) in [4.78, 5) is 14.0. The summed E-state index contributed by atoms with van der Waals surface area (Å²) in [6.07, 6.45) is 2.55. The monoisotopic (exact) mass is 349 g/mol. The molecular formula is C17H23N3O3S. The summed E-state index contributed by atoms with van der Waals surface area (Å²) in [5.74, 6) is 0.257. The average Bonchev–Trinajstić information content (AvgIpc) is 3.12. The Balaban J connectivity index is 1.56. The van der Waals surface area contributed by atoms with E-state index in [-0.39, 0.29) is 23.6 Å². The Morgan fingerprint density at radius 2 is 2.12 bits per heavy atom. The molecule has 2 aromatic rings. The highest BCUT2D eigenvalue weighted by Gasteiger charge is 2.33. The van der Waals surface area contributed by atoms with Crippen molar-refractivity contribution in [3.8, 4) is 0 Å². The van der Waals surface area contributed by atoms with Crippen molar-refractivity contribution in [2.24, 2.45) is 0 Å². The summed E-state index contributed by atoms with van der Waals surface area (Å²) in [5, 5.41) is 4.09. The van der Waals surface area contributed by atoms with Crippen LogP contribution in [-0.2, 0) is 16.4 Å². The lowest BCUT2D eigenvalue weighted by Gasteiger charge is -2.27. The van der Waals surface area contributed by atoms with Crippen molar-refractivity contribution in [3.63, 3.8) is 0 Å². The number of para-hydroxylation sites is 1. The predicted molar refractivity (Wildman–Crippen MR) is 94.8 cm³/mol. The van der Waals surface area contributed by atoms with Gasteiger partial charge in [-0.3, -0.25) is 0 Å². The van der Waals surface area contributed by atoms with Gasteiger partial charge in [0.1, 0.15) is 0 Å². The van der Waals surface area contributed by atoms with E-state index in [2.05, 4.69) is 28.1 Å². The number of benzene rings is 1. The first-order valence-electron chi connectivity index (χ1n) is 8.29. The molecule has 24 heavy (non-hydrogen) atoms. The molecule has 1 atom stereocenters. The molecule has 1 fully saturated rings. The van der Waals surface area contributed by atoms with E-state index >= 15 is 0 Å². The maximum Gasteiger partial charge on any atom is 0.317 e. The lowest BCUT2D eigenvalue weighted by atomic mass is 10.2. The van der Waals surface area contributed by atoms with E-state index in [0.29, 0.717) is 26.1 Å². The second-order valence-electron chi connectivity index (χ2n) is 6.14. The maximum atomic E-state index is 12.4. The molecule has 3 rings (SSSR count). The number of sulfone groups is 1. The fraction of sp³-hybridized carbons (Fsp3) is 0.471. The molecule has 130 valence electrons. The van der Waals surface area contributed by atoms with Crippen LogP contribution in [0.2, 0.25) is 0 Å². The number of hydrogen-bond donors (Lipinski definition) is 1. The van der Waals surface area contributed by atoms with Crippen molar-refractivity contribution in [1.82, 2.24) is 14.8 Å². The minimum absolute atomic E-state index is 0.0799. The number of carbonyl (C=O) groups excluding carboxylic acids is 1. The number of aromatic nitrogens is 1. The quantitative estimate of drug-likeness (QED) is 0.896. The van der Waals surface area contributed by atoms with Gasteiger partial charge in [-0.1, -0.05) is 18.2 Å². The van der Waals surface area contributed by atoms with Gasteiger partial charge >= 0.3 is 6.03 Å². The van der Waals surface area contributed by atoms with E-state index < -0.39 is 9.84 Å². The Labute approximate surface area is 142 Å². The first-order chi connectivity index (χ1) is 11.5. The van der Waals surface area contributed by atoms with E-state index in [4.69, 9.17) is 0 Å². The van der Waals surface area contributed by atoms with Crippen molar-refractivity contribution in [2.75, 3.05) is 24.6 Å². The second-order valence-corrected chi connectivity index (χ2v) is 8.37. The van der Waals surface area contributed by atoms with Crippen LogP contribution in [0.3, 0.4) is 0 Å². The molecule has 2 heterocycles. The molecule has 0 spiro atoms. The van der Waals surface area contributed by atoms with Gasteiger partial charge in [0.25, 0.3) is 0 Å². The molecule has 0 unspecified atom stereocenters. The molecule has 1 aromatic carbocycles. The van der Waals surface area contributed by atoms with Crippen LogP contribution in [0.5, 0.6) is 0 Å². The highest BCUT2D eigenvalue weighted by Crippen LogP contribution is 2.18. The SMILES string of the molecule is CCN(C(=O)NCCn1ccc2ccccc21)[C@H]1CCS(=O)(=O)C1. The topological polar surface area (TPSA) is 71.4 Å². The van der Waals surface area contributed by atoms with Gasteiger partial charge in [-0.2, -0.15) is 0 Å². The molecule has 1 saturated heterocycles. The molecule has 7 heteroatoms. The van der Waals surface area contributed by atoms with Crippen molar-refractivity contribution in [2.45, 2.75) is 25.9 Å². The summed E-state index contributed by atoms with van der Waals surface area (Å²) >= 11 is 0. The summed E-state index contributed by atoms with van der Waals surface area (Å²) in [6.45, 7) is 3.58. The van der Waals surface area contributed by atoms with Crippen LogP contribution in [0.25, 0.3) is 10.9 Å². The van der Waals surface area contributed by atoms with Crippen molar-refractivity contribution in [1.29, 1.82) is 0 Å². The standard InChI is InChI=1S/C17H23N3O3S/c1-2-20(15-8-12-24(22,23)13-15)17(21)18-9-11-19-10-7-14-5-3-4-6-16(14)19/h3-7,10,15H,2,8-9,11-13H2,1H3,(H,18,21)/t15-/m0/s1. The molecular weight excluding hydrogens is 326 g/mol. The molecule has 0 bridgehead atoms. The molecule has 6 nitrogen and oxygen atoms in total. The number of nitrogens with one attached hydrogen (secondary N) is 1. The lowest BCUT2D eigenvalue weighted by molar-refractivity contribution is 0.183. The minimum atomic E-state index is -2.99. The van der Waals surface area contributed by atoms with E-state index in [9.17, 15) is 13.2 Å². The van der Waals surface area contributed by atoms with Crippen molar-refractivity contribution >= 4 is 26.8 Å². The highest BCUT2D eigenvalue weighted by atomic mass is 32.2. The summed E-state index contributed by atoms with van der Waals surface area (Å²) in [7, 11) is -2.99. The van der Waals surface area contributed by atoms with Gasteiger partial charge in [-0.05, 0) is 30.9 Å². The van der Waals surface area contributed by atoms with Gasteiger partial charge < -0.3 is 14.8 Å². The van der Waals surface area contributed by atoms with Crippen LogP contribution in [0.1, 0.15) is 13.3 Å². The van der Waals surface area contributed by atoms with Crippen LogP contribution in [0.15, 0.2) is 36.5 Å². The van der Waals surface area contributed by atoms with Gasteiger partial charge in [0.05, 0.1) is 11.5 Å².